The molecule has 0 radical (unpaired) electrons. The molecule has 1 fully saturated rings. The van der Waals surface area contributed by atoms with Crippen molar-refractivity contribution in [3.8, 4) is 6.07 Å². The minimum Gasteiger partial charge on any atom is -0.315 e. The van der Waals surface area contributed by atoms with E-state index in [4.69, 9.17) is 9.79 Å². The third-order valence-corrected chi connectivity index (χ3v) is 8.90. The Hall–Kier alpha value is -1.32. The molecule has 0 unspecified atom stereocenters. The van der Waals surface area contributed by atoms with Gasteiger partial charge in [-0.2, -0.15) is 5.26 Å². The molecule has 0 N–H and O–H groups in total. The van der Waals surface area contributed by atoms with E-state index >= 15 is 0 Å². The number of rotatable bonds is 2. The molecule has 2 rings (SSSR count). The average molecular weight is 293 g/mol. The highest BCUT2D eigenvalue weighted by molar-refractivity contribution is 6.74. The number of nitriles is 1. The Bertz CT molecular complexity index is 502. The van der Waals surface area contributed by atoms with Crippen LogP contribution in [0.1, 0.15) is 27.7 Å². The van der Waals surface area contributed by atoms with Crippen molar-refractivity contribution < 1.29 is 9.32 Å². The van der Waals surface area contributed by atoms with Gasteiger partial charge in [0.1, 0.15) is 6.04 Å². The third kappa shape index (κ3) is 2.25. The van der Waals surface area contributed by atoms with Crippen molar-refractivity contribution in [2.45, 2.75) is 57.9 Å². The first kappa shape index (κ1) is 15.1. The Morgan fingerprint density at radius 2 is 2.05 bits per heavy atom. The van der Waals surface area contributed by atoms with Gasteiger partial charge in [-0.3, -0.25) is 0 Å². The zero-order valence-electron chi connectivity index (χ0n) is 13.1. The number of nitrogens with zero attached hydrogens (tertiary/aromatic N) is 3. The Balaban J connectivity index is 2.27. The molecule has 2 aliphatic heterocycles. The summed E-state index contributed by atoms with van der Waals surface area (Å²) in [5.74, 6) is 0. The van der Waals surface area contributed by atoms with Gasteiger partial charge in [0.05, 0.1) is 18.7 Å². The molecule has 2 bridgehead atoms. The predicted octanol–water partition coefficient (Wildman–Crippen LogP) is 2.88. The molecular weight excluding hydrogens is 270 g/mol. The van der Waals surface area contributed by atoms with Gasteiger partial charge in [0.15, 0.2) is 0 Å². The summed E-state index contributed by atoms with van der Waals surface area (Å²) in [5.41, 5.74) is 1.04. The Morgan fingerprint density at radius 1 is 1.45 bits per heavy atom. The first-order chi connectivity index (χ1) is 9.08. The van der Waals surface area contributed by atoms with Gasteiger partial charge in [0.25, 0.3) is 0 Å². The first-order valence-electron chi connectivity index (χ1n) is 6.95. The summed E-state index contributed by atoms with van der Waals surface area (Å²) in [4.78, 5) is 14.1. The summed E-state index contributed by atoms with van der Waals surface area (Å²) < 4.78 is 6.18. The van der Waals surface area contributed by atoms with Crippen molar-refractivity contribution in [1.29, 1.82) is 5.26 Å². The lowest BCUT2D eigenvalue weighted by Gasteiger charge is -2.39. The average Bonchev–Trinajstić information content (AvgIpc) is 2.59. The first-order valence-corrected chi connectivity index (χ1v) is 9.86. The summed E-state index contributed by atoms with van der Waals surface area (Å²) in [7, 11) is -2.07. The fraction of sp³-hybridized carbons (Fsp3) is 0.714. The van der Waals surface area contributed by atoms with Crippen molar-refractivity contribution >= 4 is 14.3 Å². The number of hydrogen-bond donors (Lipinski definition) is 0. The summed E-state index contributed by atoms with van der Waals surface area (Å²) in [5, 5.41) is 10.7. The summed E-state index contributed by atoms with van der Waals surface area (Å²) in [6.07, 6.45) is 1.86. The lowest BCUT2D eigenvalue weighted by atomic mass is 10.0. The van der Waals surface area contributed by atoms with Crippen LogP contribution in [0.3, 0.4) is 0 Å². The molecule has 6 heteroatoms. The lowest BCUT2D eigenvalue weighted by molar-refractivity contribution is -0.0321. The van der Waals surface area contributed by atoms with E-state index in [1.54, 1.807) is 4.90 Å². The van der Waals surface area contributed by atoms with Crippen molar-refractivity contribution in [3.05, 3.63) is 11.6 Å². The molecule has 0 aromatic rings. The van der Waals surface area contributed by atoms with Crippen LogP contribution in [0.2, 0.25) is 18.1 Å². The van der Waals surface area contributed by atoms with Gasteiger partial charge in [-0.15, -0.1) is 0 Å². The SMILES string of the molecule is CC1=C[C@@H](C#N)N2C[C@@H]1N(O[Si](C)(C)C(C)(C)C)C2=O. The van der Waals surface area contributed by atoms with Crippen molar-refractivity contribution in [1.82, 2.24) is 9.96 Å². The highest BCUT2D eigenvalue weighted by Gasteiger charge is 2.49. The highest BCUT2D eigenvalue weighted by atomic mass is 28.4. The van der Waals surface area contributed by atoms with Gasteiger partial charge < -0.3 is 9.43 Å². The molecule has 110 valence electrons. The van der Waals surface area contributed by atoms with Gasteiger partial charge in [-0.05, 0) is 36.7 Å². The summed E-state index contributed by atoms with van der Waals surface area (Å²) >= 11 is 0. The molecule has 0 saturated carbocycles. The molecule has 2 amide bonds. The van der Waals surface area contributed by atoms with Gasteiger partial charge in [-0.25, -0.2) is 9.86 Å². The quantitative estimate of drug-likeness (QED) is 0.581. The molecule has 2 aliphatic rings. The maximum absolute atomic E-state index is 12.5. The van der Waals surface area contributed by atoms with E-state index in [2.05, 4.69) is 39.9 Å². The third-order valence-electron chi connectivity index (χ3n) is 4.63. The molecule has 1 saturated heterocycles. The summed E-state index contributed by atoms with van der Waals surface area (Å²) in [6.45, 7) is 13.2. The van der Waals surface area contributed by atoms with Crippen LogP contribution in [-0.4, -0.2) is 42.9 Å². The van der Waals surface area contributed by atoms with Gasteiger partial charge in [-0.1, -0.05) is 20.8 Å². The fourth-order valence-corrected chi connectivity index (χ4v) is 3.17. The van der Waals surface area contributed by atoms with Crippen molar-refractivity contribution in [2.24, 2.45) is 0 Å². The van der Waals surface area contributed by atoms with Crippen LogP contribution in [-0.2, 0) is 4.53 Å². The summed E-state index contributed by atoms with van der Waals surface area (Å²) in [6, 6.07) is 1.46. The zero-order chi connectivity index (χ0) is 15.3. The van der Waals surface area contributed by atoms with Gasteiger partial charge >= 0.3 is 6.03 Å². The minimum atomic E-state index is -2.07. The number of carbonyl (C=O) groups is 1. The Labute approximate surface area is 121 Å². The van der Waals surface area contributed by atoms with Crippen LogP contribution in [0, 0.1) is 11.3 Å². The second kappa shape index (κ2) is 4.60. The van der Waals surface area contributed by atoms with E-state index in [1.165, 1.54) is 5.06 Å². The van der Waals surface area contributed by atoms with Crippen LogP contribution in [0.5, 0.6) is 0 Å². The number of fused-ring (bicyclic) bond motifs is 2. The molecule has 0 aromatic heterocycles. The molecule has 0 aromatic carbocycles. The fourth-order valence-electron chi connectivity index (χ4n) is 2.20. The molecule has 5 nitrogen and oxygen atoms in total. The lowest BCUT2D eigenvalue weighted by Crippen LogP contribution is -2.49. The minimum absolute atomic E-state index is 0.0333. The topological polar surface area (TPSA) is 56.6 Å². The maximum Gasteiger partial charge on any atom is 0.345 e. The van der Waals surface area contributed by atoms with Crippen molar-refractivity contribution in [2.75, 3.05) is 6.54 Å². The van der Waals surface area contributed by atoms with Gasteiger partial charge in [0, 0.05) is 0 Å². The van der Waals surface area contributed by atoms with E-state index in [1.807, 2.05) is 13.0 Å². The van der Waals surface area contributed by atoms with Crippen LogP contribution < -0.4 is 0 Å². The van der Waals surface area contributed by atoms with Crippen molar-refractivity contribution in [3.63, 3.8) is 0 Å². The van der Waals surface area contributed by atoms with Gasteiger partial charge in [0.2, 0.25) is 8.32 Å². The second-order valence-electron chi connectivity index (χ2n) is 7.11. The maximum atomic E-state index is 12.5. The Kier molecular flexibility index (Phi) is 3.47. The van der Waals surface area contributed by atoms with E-state index in [0.29, 0.717) is 6.54 Å². The number of hydroxylamine groups is 2. The highest BCUT2D eigenvalue weighted by Crippen LogP contribution is 2.40. The van der Waals surface area contributed by atoms with Crippen LogP contribution in [0.15, 0.2) is 11.6 Å². The molecule has 2 atom stereocenters. The molecule has 0 aliphatic carbocycles. The van der Waals surface area contributed by atoms with E-state index in [-0.39, 0.29) is 17.1 Å². The van der Waals surface area contributed by atoms with Crippen LogP contribution in [0.4, 0.5) is 4.79 Å². The smallest absolute Gasteiger partial charge is 0.315 e. The monoisotopic (exact) mass is 293 g/mol. The number of amides is 2. The zero-order valence-corrected chi connectivity index (χ0v) is 14.1. The predicted molar refractivity (Wildman–Crippen MR) is 79.2 cm³/mol. The van der Waals surface area contributed by atoms with Crippen LogP contribution >= 0.6 is 0 Å². The largest absolute Gasteiger partial charge is 0.345 e. The van der Waals surface area contributed by atoms with E-state index < -0.39 is 14.4 Å². The molecular formula is C14H23N3O2Si. The standard InChI is InChI=1S/C14H23N3O2Si/c1-10-7-11(8-15)16-9-12(10)17(13(16)18)19-20(5,6)14(2,3)4/h7,11-12H,9H2,1-6H3/t11-,12-/m0/s1. The van der Waals surface area contributed by atoms with E-state index in [9.17, 15) is 4.79 Å². The van der Waals surface area contributed by atoms with E-state index in [0.717, 1.165) is 5.57 Å². The number of hydrogen-bond acceptors (Lipinski definition) is 3. The molecule has 0 spiro atoms. The molecule has 20 heavy (non-hydrogen) atoms. The number of carbonyl (C=O) groups excluding carboxylic acids is 1. The van der Waals surface area contributed by atoms with Crippen LogP contribution in [0.25, 0.3) is 0 Å². The Morgan fingerprint density at radius 3 is 2.55 bits per heavy atom. The number of urea groups is 1. The molecule has 2 heterocycles. The normalized spacial score (nSPS) is 26.6. The second-order valence-corrected chi connectivity index (χ2v) is 11.8.